The van der Waals surface area contributed by atoms with E-state index in [0.717, 1.165) is 38.1 Å². The third-order valence-electron chi connectivity index (χ3n) is 3.60. The highest BCUT2D eigenvalue weighted by Gasteiger charge is 2.25. The van der Waals surface area contributed by atoms with Crippen molar-refractivity contribution in [3.63, 3.8) is 0 Å². The number of ether oxygens (including phenoxy) is 1. The Kier molecular flexibility index (Phi) is 5.02. The lowest BCUT2D eigenvalue weighted by Crippen LogP contribution is -2.42. The van der Waals surface area contributed by atoms with Crippen LogP contribution in [0.5, 0.6) is 0 Å². The Hall–Kier alpha value is -0.860. The maximum atomic E-state index is 5.64. The van der Waals surface area contributed by atoms with Crippen LogP contribution in [-0.2, 0) is 11.3 Å². The van der Waals surface area contributed by atoms with E-state index in [2.05, 4.69) is 36.5 Å². The Morgan fingerprint density at radius 2 is 2.06 bits per heavy atom. The summed E-state index contributed by atoms with van der Waals surface area (Å²) in [5.41, 5.74) is 1.26. The van der Waals surface area contributed by atoms with Crippen molar-refractivity contribution in [1.82, 2.24) is 5.32 Å². The average Bonchev–Trinajstić information content (AvgIpc) is 2.37. The standard InChI is InChI=1S/C15H23NO/c1-13-8-9-15(13)16-10-5-11-17-12-14-6-3-2-4-7-14/h2-4,6-7,13,15-16H,5,8-12H2,1H3. The number of hydrogen-bond donors (Lipinski definition) is 1. The summed E-state index contributed by atoms with van der Waals surface area (Å²) in [5.74, 6) is 0.875. The van der Waals surface area contributed by atoms with Gasteiger partial charge >= 0.3 is 0 Å². The first-order valence-corrected chi connectivity index (χ1v) is 6.71. The normalized spacial score (nSPS) is 23.4. The Balaban J connectivity index is 1.47. The van der Waals surface area contributed by atoms with Gasteiger partial charge < -0.3 is 10.1 Å². The molecule has 17 heavy (non-hydrogen) atoms. The fourth-order valence-corrected chi connectivity index (χ4v) is 2.20. The summed E-state index contributed by atoms with van der Waals surface area (Å²) in [4.78, 5) is 0. The molecule has 1 fully saturated rings. The first-order chi connectivity index (χ1) is 8.36. The van der Waals surface area contributed by atoms with Crippen LogP contribution in [0.15, 0.2) is 30.3 Å². The first kappa shape index (κ1) is 12.6. The van der Waals surface area contributed by atoms with Gasteiger partial charge in [0.2, 0.25) is 0 Å². The summed E-state index contributed by atoms with van der Waals surface area (Å²) in [7, 11) is 0. The van der Waals surface area contributed by atoms with Crippen molar-refractivity contribution in [2.75, 3.05) is 13.2 Å². The molecule has 0 heterocycles. The fourth-order valence-electron chi connectivity index (χ4n) is 2.20. The van der Waals surface area contributed by atoms with Crippen molar-refractivity contribution < 1.29 is 4.74 Å². The highest BCUT2D eigenvalue weighted by molar-refractivity contribution is 5.13. The molecular formula is C15H23NO. The molecule has 0 spiro atoms. The molecule has 2 nitrogen and oxygen atoms in total. The van der Waals surface area contributed by atoms with E-state index in [-0.39, 0.29) is 0 Å². The zero-order chi connectivity index (χ0) is 11.9. The second-order valence-electron chi connectivity index (χ2n) is 5.01. The molecule has 2 atom stereocenters. The lowest BCUT2D eigenvalue weighted by atomic mass is 9.81. The molecule has 1 aliphatic rings. The molecule has 0 saturated heterocycles. The van der Waals surface area contributed by atoms with Crippen LogP contribution < -0.4 is 5.32 Å². The van der Waals surface area contributed by atoms with E-state index in [9.17, 15) is 0 Å². The van der Waals surface area contributed by atoms with Crippen molar-refractivity contribution in [2.24, 2.45) is 5.92 Å². The molecular weight excluding hydrogens is 210 g/mol. The van der Waals surface area contributed by atoms with Crippen LogP contribution in [0.4, 0.5) is 0 Å². The second kappa shape index (κ2) is 6.77. The average molecular weight is 233 g/mol. The van der Waals surface area contributed by atoms with Gasteiger partial charge in [0, 0.05) is 12.6 Å². The lowest BCUT2D eigenvalue weighted by Gasteiger charge is -2.34. The van der Waals surface area contributed by atoms with Crippen LogP contribution >= 0.6 is 0 Å². The SMILES string of the molecule is CC1CCC1NCCCOCc1ccccc1. The molecule has 0 bridgehead atoms. The van der Waals surface area contributed by atoms with Gasteiger partial charge in [0.25, 0.3) is 0 Å². The zero-order valence-electron chi connectivity index (χ0n) is 10.7. The molecule has 0 aliphatic heterocycles. The summed E-state index contributed by atoms with van der Waals surface area (Å²) in [6.07, 6.45) is 3.85. The van der Waals surface area contributed by atoms with Gasteiger partial charge in [-0.15, -0.1) is 0 Å². The fraction of sp³-hybridized carbons (Fsp3) is 0.600. The highest BCUT2D eigenvalue weighted by atomic mass is 16.5. The van der Waals surface area contributed by atoms with Gasteiger partial charge in [0.1, 0.15) is 0 Å². The molecule has 1 aromatic carbocycles. The van der Waals surface area contributed by atoms with Gasteiger partial charge in [-0.25, -0.2) is 0 Å². The van der Waals surface area contributed by atoms with E-state index in [1.165, 1.54) is 18.4 Å². The van der Waals surface area contributed by atoms with E-state index >= 15 is 0 Å². The molecule has 94 valence electrons. The number of rotatable bonds is 7. The van der Waals surface area contributed by atoms with Gasteiger partial charge in [0.15, 0.2) is 0 Å². The quantitative estimate of drug-likeness (QED) is 0.731. The summed E-state index contributed by atoms with van der Waals surface area (Å²) < 4.78 is 5.64. The molecule has 0 radical (unpaired) electrons. The monoisotopic (exact) mass is 233 g/mol. The molecule has 1 N–H and O–H groups in total. The third kappa shape index (κ3) is 4.14. The van der Waals surface area contributed by atoms with Crippen molar-refractivity contribution in [1.29, 1.82) is 0 Å². The second-order valence-corrected chi connectivity index (χ2v) is 5.01. The van der Waals surface area contributed by atoms with Crippen LogP contribution in [-0.4, -0.2) is 19.2 Å². The summed E-state index contributed by atoms with van der Waals surface area (Å²) in [6.45, 7) is 5.00. The zero-order valence-corrected chi connectivity index (χ0v) is 10.7. The van der Waals surface area contributed by atoms with Crippen molar-refractivity contribution >= 4 is 0 Å². The van der Waals surface area contributed by atoms with E-state index in [0.29, 0.717) is 0 Å². The molecule has 2 unspecified atom stereocenters. The number of hydrogen-bond acceptors (Lipinski definition) is 2. The van der Waals surface area contributed by atoms with E-state index in [1.807, 2.05) is 6.07 Å². The Morgan fingerprint density at radius 3 is 2.71 bits per heavy atom. The first-order valence-electron chi connectivity index (χ1n) is 6.71. The Bertz CT molecular complexity index is 312. The molecule has 0 aromatic heterocycles. The van der Waals surface area contributed by atoms with Crippen LogP contribution in [0.25, 0.3) is 0 Å². The molecule has 2 rings (SSSR count). The van der Waals surface area contributed by atoms with Gasteiger partial charge in [-0.2, -0.15) is 0 Å². The predicted molar refractivity (Wildman–Crippen MR) is 70.9 cm³/mol. The lowest BCUT2D eigenvalue weighted by molar-refractivity contribution is 0.115. The van der Waals surface area contributed by atoms with E-state index in [1.54, 1.807) is 0 Å². The van der Waals surface area contributed by atoms with Gasteiger partial charge in [-0.05, 0) is 37.3 Å². The third-order valence-corrected chi connectivity index (χ3v) is 3.60. The van der Waals surface area contributed by atoms with Crippen molar-refractivity contribution in [3.05, 3.63) is 35.9 Å². The van der Waals surface area contributed by atoms with Gasteiger partial charge in [-0.3, -0.25) is 0 Å². The molecule has 1 aromatic rings. The van der Waals surface area contributed by atoms with Crippen molar-refractivity contribution in [2.45, 2.75) is 38.8 Å². The summed E-state index contributed by atoms with van der Waals surface area (Å²) in [5, 5.41) is 3.59. The minimum absolute atomic E-state index is 0.737. The molecule has 1 aliphatic carbocycles. The maximum absolute atomic E-state index is 5.64. The smallest absolute Gasteiger partial charge is 0.0716 e. The Labute approximate surface area is 104 Å². The molecule has 1 saturated carbocycles. The van der Waals surface area contributed by atoms with Crippen LogP contribution in [0, 0.1) is 5.92 Å². The van der Waals surface area contributed by atoms with Crippen LogP contribution in [0.2, 0.25) is 0 Å². The molecule has 0 amide bonds. The van der Waals surface area contributed by atoms with Crippen molar-refractivity contribution in [3.8, 4) is 0 Å². The molecule has 2 heteroatoms. The maximum Gasteiger partial charge on any atom is 0.0716 e. The summed E-state index contributed by atoms with van der Waals surface area (Å²) >= 11 is 0. The number of benzene rings is 1. The Morgan fingerprint density at radius 1 is 1.24 bits per heavy atom. The predicted octanol–water partition coefficient (Wildman–Crippen LogP) is 2.98. The van der Waals surface area contributed by atoms with E-state index in [4.69, 9.17) is 4.74 Å². The highest BCUT2D eigenvalue weighted by Crippen LogP contribution is 2.26. The van der Waals surface area contributed by atoms with Gasteiger partial charge in [-0.1, -0.05) is 37.3 Å². The van der Waals surface area contributed by atoms with E-state index < -0.39 is 0 Å². The number of nitrogens with one attached hydrogen (secondary N) is 1. The minimum atomic E-state index is 0.737. The largest absolute Gasteiger partial charge is 0.377 e. The summed E-state index contributed by atoms with van der Waals surface area (Å²) in [6, 6.07) is 11.1. The van der Waals surface area contributed by atoms with Crippen LogP contribution in [0.1, 0.15) is 31.7 Å². The minimum Gasteiger partial charge on any atom is -0.377 e. The van der Waals surface area contributed by atoms with Crippen LogP contribution in [0.3, 0.4) is 0 Å². The van der Waals surface area contributed by atoms with Gasteiger partial charge in [0.05, 0.1) is 6.61 Å². The topological polar surface area (TPSA) is 21.3 Å².